The summed E-state index contributed by atoms with van der Waals surface area (Å²) in [7, 11) is 1.83. The number of H-pyrrole nitrogens is 1. The number of anilines is 2. The highest BCUT2D eigenvalue weighted by atomic mass is 35.5. The molecule has 4 rings (SSSR count). The summed E-state index contributed by atoms with van der Waals surface area (Å²) in [5, 5.41) is 4.62. The van der Waals surface area contributed by atoms with Crippen molar-refractivity contribution in [2.24, 2.45) is 7.05 Å². The molecule has 0 bridgehead atoms. The third-order valence-corrected chi connectivity index (χ3v) is 5.34. The smallest absolute Gasteiger partial charge is 0.261 e. The molecule has 2 aromatic heterocycles. The Morgan fingerprint density at radius 3 is 2.50 bits per heavy atom. The van der Waals surface area contributed by atoms with Crippen LogP contribution in [0.1, 0.15) is 19.7 Å². The van der Waals surface area contributed by atoms with Crippen molar-refractivity contribution < 1.29 is 0 Å². The van der Waals surface area contributed by atoms with Gasteiger partial charge in [0.1, 0.15) is 5.82 Å². The lowest BCUT2D eigenvalue weighted by Gasteiger charge is -2.10. The molecule has 0 unspecified atom stereocenters. The van der Waals surface area contributed by atoms with Crippen molar-refractivity contribution in [3.63, 3.8) is 0 Å². The summed E-state index contributed by atoms with van der Waals surface area (Å²) in [4.78, 5) is 24.9. The first-order chi connectivity index (χ1) is 13.4. The fourth-order valence-corrected chi connectivity index (χ4v) is 3.59. The quantitative estimate of drug-likeness (QED) is 0.478. The van der Waals surface area contributed by atoms with Gasteiger partial charge in [0.05, 0.1) is 37.7 Å². The number of allylic oxidation sites excluding steroid dienone is 2. The first-order valence-electron chi connectivity index (χ1n) is 8.64. The Morgan fingerprint density at radius 2 is 1.82 bits per heavy atom. The van der Waals surface area contributed by atoms with E-state index >= 15 is 0 Å². The Hall–Kier alpha value is -2.83. The average Bonchev–Trinajstić information content (AvgIpc) is 2.99. The molecule has 0 amide bonds. The lowest BCUT2D eigenvalue weighted by molar-refractivity contribution is 0.960. The third-order valence-electron chi connectivity index (χ3n) is 4.71. The standard InChI is InChI=1S/C20H17Cl2N5O/c1-4-10(2)18-23-13-8-9-14-17(15(13)19(28)26-18)27(3)20(24-14)25-16-11(21)6-5-7-12(16)22/h4-9H,1-3H3,(H,24,25)(H,23,26,28)/b10-4+. The van der Waals surface area contributed by atoms with Gasteiger partial charge < -0.3 is 14.9 Å². The number of rotatable bonds is 3. The molecule has 28 heavy (non-hydrogen) atoms. The molecular formula is C20H17Cl2N5O. The van der Waals surface area contributed by atoms with E-state index in [1.165, 1.54) is 0 Å². The van der Waals surface area contributed by atoms with E-state index in [0.29, 0.717) is 49.4 Å². The third kappa shape index (κ3) is 2.95. The Kier molecular flexibility index (Phi) is 4.61. The summed E-state index contributed by atoms with van der Waals surface area (Å²) in [6, 6.07) is 8.91. The van der Waals surface area contributed by atoms with E-state index in [1.807, 2.05) is 33.0 Å². The van der Waals surface area contributed by atoms with Gasteiger partial charge in [-0.3, -0.25) is 4.79 Å². The number of benzene rings is 2. The highest BCUT2D eigenvalue weighted by Gasteiger charge is 2.17. The second kappa shape index (κ2) is 6.96. The van der Waals surface area contributed by atoms with Crippen LogP contribution < -0.4 is 10.9 Å². The molecule has 0 saturated carbocycles. The van der Waals surface area contributed by atoms with Crippen molar-refractivity contribution in [3.8, 4) is 0 Å². The van der Waals surface area contributed by atoms with Crippen LogP contribution in [-0.2, 0) is 7.05 Å². The number of hydrogen-bond acceptors (Lipinski definition) is 4. The number of imidazole rings is 1. The van der Waals surface area contributed by atoms with Crippen molar-refractivity contribution in [2.75, 3.05) is 5.32 Å². The molecule has 0 radical (unpaired) electrons. The molecule has 0 atom stereocenters. The fourth-order valence-electron chi connectivity index (χ4n) is 3.09. The van der Waals surface area contributed by atoms with Crippen LogP contribution in [0.5, 0.6) is 0 Å². The summed E-state index contributed by atoms with van der Waals surface area (Å²) in [5.74, 6) is 1.08. The number of nitrogens with one attached hydrogen (secondary N) is 2. The maximum atomic E-state index is 12.8. The van der Waals surface area contributed by atoms with Crippen LogP contribution in [0.2, 0.25) is 10.0 Å². The highest BCUT2D eigenvalue weighted by molar-refractivity contribution is 6.39. The number of halogens is 2. The molecule has 2 heterocycles. The zero-order chi connectivity index (χ0) is 20.0. The number of fused-ring (bicyclic) bond motifs is 3. The van der Waals surface area contributed by atoms with Gasteiger partial charge in [0.15, 0.2) is 0 Å². The Morgan fingerprint density at radius 1 is 1.14 bits per heavy atom. The van der Waals surface area contributed by atoms with Gasteiger partial charge in [-0.05, 0) is 43.7 Å². The largest absolute Gasteiger partial charge is 0.323 e. The number of para-hydroxylation sites is 1. The van der Waals surface area contributed by atoms with Crippen molar-refractivity contribution >= 4 is 62.3 Å². The van der Waals surface area contributed by atoms with Crippen LogP contribution in [0.15, 0.2) is 41.2 Å². The van der Waals surface area contributed by atoms with Gasteiger partial charge >= 0.3 is 0 Å². The molecule has 0 fully saturated rings. The highest BCUT2D eigenvalue weighted by Crippen LogP contribution is 2.33. The van der Waals surface area contributed by atoms with Gasteiger partial charge in [0, 0.05) is 7.05 Å². The lowest BCUT2D eigenvalue weighted by atomic mass is 10.2. The van der Waals surface area contributed by atoms with Crippen LogP contribution in [0.4, 0.5) is 11.6 Å². The Balaban J connectivity index is 1.94. The fraction of sp³-hybridized carbons (Fsp3) is 0.150. The molecule has 6 nitrogen and oxygen atoms in total. The van der Waals surface area contributed by atoms with Crippen LogP contribution in [-0.4, -0.2) is 19.5 Å². The van der Waals surface area contributed by atoms with Crippen LogP contribution in [0.25, 0.3) is 27.5 Å². The van der Waals surface area contributed by atoms with E-state index in [1.54, 1.807) is 28.8 Å². The molecule has 142 valence electrons. The van der Waals surface area contributed by atoms with Gasteiger partial charge in [0.2, 0.25) is 5.95 Å². The van der Waals surface area contributed by atoms with E-state index in [-0.39, 0.29) is 5.56 Å². The van der Waals surface area contributed by atoms with Gasteiger partial charge in [-0.25, -0.2) is 9.97 Å². The number of aromatic amines is 1. The molecule has 0 aliphatic rings. The maximum Gasteiger partial charge on any atom is 0.261 e. The summed E-state index contributed by atoms with van der Waals surface area (Å²) in [6.07, 6.45) is 1.90. The van der Waals surface area contributed by atoms with Crippen LogP contribution in [0, 0.1) is 0 Å². The lowest BCUT2D eigenvalue weighted by Crippen LogP contribution is -2.12. The molecule has 2 N–H and O–H groups in total. The zero-order valence-electron chi connectivity index (χ0n) is 15.5. The first-order valence-corrected chi connectivity index (χ1v) is 9.40. The number of nitrogens with zero attached hydrogens (tertiary/aromatic N) is 3. The maximum absolute atomic E-state index is 12.8. The topological polar surface area (TPSA) is 75.6 Å². The van der Waals surface area contributed by atoms with Gasteiger partial charge in [-0.2, -0.15) is 0 Å². The zero-order valence-corrected chi connectivity index (χ0v) is 17.0. The predicted octanol–water partition coefficient (Wildman–Crippen LogP) is 5.28. The number of hydrogen-bond donors (Lipinski definition) is 2. The van der Waals surface area contributed by atoms with Gasteiger partial charge in [0.25, 0.3) is 5.56 Å². The summed E-state index contributed by atoms with van der Waals surface area (Å²) in [6.45, 7) is 3.81. The van der Waals surface area contributed by atoms with E-state index < -0.39 is 0 Å². The van der Waals surface area contributed by atoms with E-state index in [9.17, 15) is 4.79 Å². The minimum absolute atomic E-state index is 0.211. The Bertz CT molecular complexity index is 1300. The summed E-state index contributed by atoms with van der Waals surface area (Å²) < 4.78 is 1.80. The van der Waals surface area contributed by atoms with E-state index in [0.717, 1.165) is 5.57 Å². The molecule has 8 heteroatoms. The van der Waals surface area contributed by atoms with E-state index in [4.69, 9.17) is 23.2 Å². The monoisotopic (exact) mass is 413 g/mol. The molecule has 4 aromatic rings. The Labute approximate surface area is 170 Å². The van der Waals surface area contributed by atoms with Crippen LogP contribution >= 0.6 is 23.2 Å². The summed E-state index contributed by atoms with van der Waals surface area (Å²) >= 11 is 12.5. The van der Waals surface area contributed by atoms with Crippen LogP contribution in [0.3, 0.4) is 0 Å². The van der Waals surface area contributed by atoms with Crippen molar-refractivity contribution in [1.82, 2.24) is 19.5 Å². The average molecular weight is 414 g/mol. The minimum atomic E-state index is -0.211. The van der Waals surface area contributed by atoms with Crippen molar-refractivity contribution in [2.45, 2.75) is 13.8 Å². The molecule has 2 aromatic carbocycles. The molecule has 0 aliphatic heterocycles. The van der Waals surface area contributed by atoms with Gasteiger partial charge in [-0.15, -0.1) is 0 Å². The van der Waals surface area contributed by atoms with E-state index in [2.05, 4.69) is 20.3 Å². The molecular weight excluding hydrogens is 397 g/mol. The first kappa shape index (κ1) is 18.5. The van der Waals surface area contributed by atoms with Crippen molar-refractivity contribution in [1.29, 1.82) is 0 Å². The minimum Gasteiger partial charge on any atom is -0.323 e. The molecule has 0 saturated heterocycles. The second-order valence-corrected chi connectivity index (χ2v) is 7.24. The normalized spacial score (nSPS) is 12.1. The SMILES string of the molecule is C/C=C(\C)c1nc2ccc3nc(Nc4c(Cl)cccc4Cl)n(C)c3c2c(=O)[nH]1. The van der Waals surface area contributed by atoms with Gasteiger partial charge in [-0.1, -0.05) is 35.3 Å². The number of aromatic nitrogens is 4. The molecule has 0 aliphatic carbocycles. The van der Waals surface area contributed by atoms with Crippen molar-refractivity contribution in [3.05, 3.63) is 62.6 Å². The number of aryl methyl sites for hydroxylation is 1. The second-order valence-electron chi connectivity index (χ2n) is 6.43. The predicted molar refractivity (Wildman–Crippen MR) is 116 cm³/mol. The molecule has 0 spiro atoms. The summed E-state index contributed by atoms with van der Waals surface area (Å²) in [5.41, 5.74) is 3.21.